The van der Waals surface area contributed by atoms with E-state index >= 15 is 0 Å². The maximum atomic E-state index is 13.4. The molecule has 0 saturated carbocycles. The van der Waals surface area contributed by atoms with Crippen molar-refractivity contribution in [3.05, 3.63) is 65.5 Å². The fourth-order valence-electron chi connectivity index (χ4n) is 1.87. The fraction of sp³-hybridized carbons (Fsp3) is 0.250. The largest absolute Gasteiger partial charge is 0.384 e. The molecule has 1 atom stereocenters. The second-order valence-corrected chi connectivity index (χ2v) is 4.66. The molecule has 0 heterocycles. The fourth-order valence-corrected chi connectivity index (χ4v) is 1.87. The lowest BCUT2D eigenvalue weighted by Gasteiger charge is -2.14. The molecule has 94 valence electrons. The molecule has 2 rings (SSSR count). The number of benzene rings is 2. The molecule has 0 aliphatic carbocycles. The lowest BCUT2D eigenvalue weighted by molar-refractivity contribution is 0.619. The van der Waals surface area contributed by atoms with Crippen molar-refractivity contribution < 1.29 is 4.39 Å². The van der Waals surface area contributed by atoms with Gasteiger partial charge in [-0.15, -0.1) is 0 Å². The van der Waals surface area contributed by atoms with Crippen LogP contribution in [0.25, 0.3) is 0 Å². The van der Waals surface area contributed by atoms with E-state index in [0.717, 1.165) is 12.2 Å². The second kappa shape index (κ2) is 5.67. The minimum absolute atomic E-state index is 0.160. The first-order valence-electron chi connectivity index (χ1n) is 6.22. The van der Waals surface area contributed by atoms with Crippen LogP contribution in [0.3, 0.4) is 0 Å². The van der Waals surface area contributed by atoms with Gasteiger partial charge in [0.25, 0.3) is 0 Å². The van der Waals surface area contributed by atoms with Gasteiger partial charge in [-0.25, -0.2) is 4.39 Å². The number of hydrogen-bond donors (Lipinski definition) is 1. The molecule has 0 aliphatic rings. The average Bonchev–Trinajstić information content (AvgIpc) is 2.41. The number of halogens is 1. The third kappa shape index (κ3) is 3.10. The van der Waals surface area contributed by atoms with Crippen LogP contribution in [-0.4, -0.2) is 6.54 Å². The highest BCUT2D eigenvalue weighted by atomic mass is 19.1. The molecule has 0 saturated heterocycles. The van der Waals surface area contributed by atoms with Gasteiger partial charge in [0.1, 0.15) is 5.82 Å². The van der Waals surface area contributed by atoms with E-state index in [1.165, 1.54) is 5.56 Å². The zero-order chi connectivity index (χ0) is 13.0. The molecular weight excluding hydrogens is 225 g/mol. The van der Waals surface area contributed by atoms with Gasteiger partial charge in [0.05, 0.1) is 0 Å². The zero-order valence-corrected chi connectivity index (χ0v) is 10.8. The summed E-state index contributed by atoms with van der Waals surface area (Å²) in [7, 11) is 0. The Morgan fingerprint density at radius 1 is 1.11 bits per heavy atom. The normalized spacial score (nSPS) is 12.2. The molecule has 1 unspecified atom stereocenters. The summed E-state index contributed by atoms with van der Waals surface area (Å²) in [4.78, 5) is 0. The van der Waals surface area contributed by atoms with Crippen molar-refractivity contribution in [2.75, 3.05) is 11.9 Å². The molecule has 0 amide bonds. The summed E-state index contributed by atoms with van der Waals surface area (Å²) in [6, 6.07) is 15.6. The zero-order valence-electron chi connectivity index (χ0n) is 10.8. The van der Waals surface area contributed by atoms with Crippen LogP contribution in [0.2, 0.25) is 0 Å². The number of aryl methyl sites for hydroxylation is 1. The van der Waals surface area contributed by atoms with Crippen LogP contribution in [0, 0.1) is 12.7 Å². The van der Waals surface area contributed by atoms with E-state index in [1.54, 1.807) is 19.1 Å². The summed E-state index contributed by atoms with van der Waals surface area (Å²) in [6.07, 6.45) is 0. The molecule has 0 radical (unpaired) electrons. The van der Waals surface area contributed by atoms with Crippen molar-refractivity contribution in [3.8, 4) is 0 Å². The van der Waals surface area contributed by atoms with E-state index in [9.17, 15) is 4.39 Å². The maximum Gasteiger partial charge on any atom is 0.128 e. The topological polar surface area (TPSA) is 12.0 Å². The minimum atomic E-state index is -0.160. The summed E-state index contributed by atoms with van der Waals surface area (Å²) in [5.41, 5.74) is 2.80. The molecule has 0 aliphatic heterocycles. The van der Waals surface area contributed by atoms with Crippen LogP contribution in [0.4, 0.5) is 10.1 Å². The van der Waals surface area contributed by atoms with Crippen molar-refractivity contribution in [2.24, 2.45) is 0 Å². The Balaban J connectivity index is 1.97. The first kappa shape index (κ1) is 12.6. The van der Waals surface area contributed by atoms with Gasteiger partial charge in [0.15, 0.2) is 0 Å². The van der Waals surface area contributed by atoms with Crippen LogP contribution < -0.4 is 5.32 Å². The first-order chi connectivity index (χ1) is 8.66. The molecule has 0 spiro atoms. The molecule has 0 aromatic heterocycles. The lowest BCUT2D eigenvalue weighted by atomic mass is 10.0. The Morgan fingerprint density at radius 3 is 2.50 bits per heavy atom. The molecular formula is C16H18FN. The highest BCUT2D eigenvalue weighted by Gasteiger charge is 2.05. The molecule has 2 aromatic rings. The standard InChI is InChI=1S/C16H18FN/c1-12-8-9-15(10-16(12)17)18-11-13(2)14-6-4-3-5-7-14/h3-10,13,18H,11H2,1-2H3. The Labute approximate surface area is 108 Å². The Morgan fingerprint density at radius 2 is 1.83 bits per heavy atom. The van der Waals surface area contributed by atoms with Crippen molar-refractivity contribution in [2.45, 2.75) is 19.8 Å². The number of hydrogen-bond acceptors (Lipinski definition) is 1. The third-order valence-corrected chi connectivity index (χ3v) is 3.15. The Bertz CT molecular complexity index is 508. The van der Waals surface area contributed by atoms with Crippen molar-refractivity contribution in [1.82, 2.24) is 0 Å². The van der Waals surface area contributed by atoms with Crippen LogP contribution in [0.5, 0.6) is 0 Å². The predicted octanol–water partition coefficient (Wildman–Crippen LogP) is 4.35. The van der Waals surface area contributed by atoms with Gasteiger partial charge in [-0.05, 0) is 36.1 Å². The summed E-state index contributed by atoms with van der Waals surface area (Å²) < 4.78 is 13.4. The lowest BCUT2D eigenvalue weighted by Crippen LogP contribution is -2.09. The van der Waals surface area contributed by atoms with Gasteiger partial charge in [-0.3, -0.25) is 0 Å². The van der Waals surface area contributed by atoms with E-state index in [1.807, 2.05) is 24.3 Å². The van der Waals surface area contributed by atoms with Crippen molar-refractivity contribution in [3.63, 3.8) is 0 Å². The summed E-state index contributed by atoms with van der Waals surface area (Å²) >= 11 is 0. The average molecular weight is 243 g/mol. The van der Waals surface area contributed by atoms with Gasteiger partial charge in [0.2, 0.25) is 0 Å². The highest BCUT2D eigenvalue weighted by molar-refractivity contribution is 5.45. The van der Waals surface area contributed by atoms with Gasteiger partial charge in [-0.1, -0.05) is 43.3 Å². The molecule has 0 fully saturated rings. The molecule has 2 aromatic carbocycles. The summed E-state index contributed by atoms with van der Waals surface area (Å²) in [6.45, 7) is 4.73. The molecule has 1 nitrogen and oxygen atoms in total. The monoisotopic (exact) mass is 243 g/mol. The third-order valence-electron chi connectivity index (χ3n) is 3.15. The Hall–Kier alpha value is -1.83. The Kier molecular flexibility index (Phi) is 3.98. The summed E-state index contributed by atoms with van der Waals surface area (Å²) in [5.74, 6) is 0.239. The minimum Gasteiger partial charge on any atom is -0.384 e. The van der Waals surface area contributed by atoms with Crippen LogP contribution in [-0.2, 0) is 0 Å². The van der Waals surface area contributed by atoms with E-state index in [-0.39, 0.29) is 5.82 Å². The van der Waals surface area contributed by atoms with Crippen LogP contribution in [0.15, 0.2) is 48.5 Å². The number of anilines is 1. The van der Waals surface area contributed by atoms with Crippen LogP contribution in [0.1, 0.15) is 24.0 Å². The van der Waals surface area contributed by atoms with Crippen molar-refractivity contribution >= 4 is 5.69 Å². The molecule has 0 bridgehead atoms. The van der Waals surface area contributed by atoms with E-state index in [4.69, 9.17) is 0 Å². The van der Waals surface area contributed by atoms with Gasteiger partial charge < -0.3 is 5.32 Å². The quantitative estimate of drug-likeness (QED) is 0.841. The SMILES string of the molecule is Cc1ccc(NCC(C)c2ccccc2)cc1F. The molecule has 1 N–H and O–H groups in total. The second-order valence-electron chi connectivity index (χ2n) is 4.66. The number of nitrogens with one attached hydrogen (secondary N) is 1. The van der Waals surface area contributed by atoms with Gasteiger partial charge in [-0.2, -0.15) is 0 Å². The first-order valence-corrected chi connectivity index (χ1v) is 6.22. The van der Waals surface area contributed by atoms with E-state index in [0.29, 0.717) is 11.5 Å². The van der Waals surface area contributed by atoms with Gasteiger partial charge >= 0.3 is 0 Å². The molecule has 18 heavy (non-hydrogen) atoms. The van der Waals surface area contributed by atoms with E-state index in [2.05, 4.69) is 24.4 Å². The van der Waals surface area contributed by atoms with Gasteiger partial charge in [0, 0.05) is 12.2 Å². The maximum absolute atomic E-state index is 13.4. The summed E-state index contributed by atoms with van der Waals surface area (Å²) in [5, 5.41) is 3.27. The smallest absolute Gasteiger partial charge is 0.128 e. The van der Waals surface area contributed by atoms with Crippen LogP contribution >= 0.6 is 0 Å². The molecule has 2 heteroatoms. The van der Waals surface area contributed by atoms with E-state index < -0.39 is 0 Å². The highest BCUT2D eigenvalue weighted by Crippen LogP contribution is 2.17. The number of rotatable bonds is 4. The van der Waals surface area contributed by atoms with Crippen molar-refractivity contribution in [1.29, 1.82) is 0 Å². The predicted molar refractivity (Wildman–Crippen MR) is 74.5 cm³/mol.